The molecule has 104 valence electrons. The van der Waals surface area contributed by atoms with Crippen LogP contribution < -0.4 is 5.73 Å². The summed E-state index contributed by atoms with van der Waals surface area (Å²) in [6, 6.07) is 2.43. The van der Waals surface area contributed by atoms with Gasteiger partial charge in [0.2, 0.25) is 0 Å². The van der Waals surface area contributed by atoms with E-state index in [9.17, 15) is 0 Å². The van der Waals surface area contributed by atoms with Gasteiger partial charge >= 0.3 is 0 Å². The Labute approximate surface area is 113 Å². The molecule has 2 heterocycles. The Hall–Kier alpha value is -1.69. The Bertz CT molecular complexity index is 533. The lowest BCUT2D eigenvalue weighted by Gasteiger charge is -2.13. The van der Waals surface area contributed by atoms with E-state index in [4.69, 9.17) is 5.73 Å². The van der Waals surface area contributed by atoms with E-state index in [1.165, 1.54) is 0 Å². The third kappa shape index (κ3) is 3.20. The summed E-state index contributed by atoms with van der Waals surface area (Å²) in [5, 5.41) is 12.7. The Morgan fingerprint density at radius 1 is 1.42 bits per heavy atom. The van der Waals surface area contributed by atoms with Gasteiger partial charge in [-0.2, -0.15) is 5.10 Å². The second-order valence-corrected chi connectivity index (χ2v) is 5.57. The molecule has 2 N–H and O–H groups in total. The van der Waals surface area contributed by atoms with Gasteiger partial charge in [-0.3, -0.25) is 4.68 Å². The molecule has 2 aromatic rings. The van der Waals surface area contributed by atoms with Gasteiger partial charge in [-0.15, -0.1) is 5.10 Å². The number of nitrogens with two attached hydrogens (primary N) is 1. The summed E-state index contributed by atoms with van der Waals surface area (Å²) >= 11 is 0. The summed E-state index contributed by atoms with van der Waals surface area (Å²) < 4.78 is 3.76. The molecule has 19 heavy (non-hydrogen) atoms. The molecule has 0 aromatic carbocycles. The number of nitrogens with zero attached hydrogens (tertiary/aromatic N) is 5. The highest BCUT2D eigenvalue weighted by atomic mass is 15.4. The SMILES string of the molecule is CCC(C)n1ccc(Cn2cc(C(C)(C)N)nn2)n1. The lowest BCUT2D eigenvalue weighted by atomic mass is 10.0. The molecule has 0 bridgehead atoms. The van der Waals surface area contributed by atoms with Gasteiger partial charge in [-0.1, -0.05) is 12.1 Å². The fraction of sp³-hybridized carbons (Fsp3) is 0.615. The van der Waals surface area contributed by atoms with Gasteiger partial charge in [-0.05, 0) is 33.3 Å². The second-order valence-electron chi connectivity index (χ2n) is 5.57. The topological polar surface area (TPSA) is 74.5 Å². The molecule has 0 radical (unpaired) electrons. The fourth-order valence-electron chi connectivity index (χ4n) is 1.73. The molecule has 2 rings (SSSR count). The van der Waals surface area contributed by atoms with Crippen molar-refractivity contribution in [1.29, 1.82) is 0 Å². The van der Waals surface area contributed by atoms with Crippen LogP contribution in [0.3, 0.4) is 0 Å². The van der Waals surface area contributed by atoms with E-state index in [0.29, 0.717) is 12.6 Å². The lowest BCUT2D eigenvalue weighted by Crippen LogP contribution is -2.29. The summed E-state index contributed by atoms with van der Waals surface area (Å²) in [5.74, 6) is 0. The highest BCUT2D eigenvalue weighted by Gasteiger charge is 2.18. The second kappa shape index (κ2) is 5.13. The molecule has 0 amide bonds. The van der Waals surface area contributed by atoms with Gasteiger partial charge in [0.25, 0.3) is 0 Å². The van der Waals surface area contributed by atoms with Crippen LogP contribution in [-0.2, 0) is 12.1 Å². The Balaban J connectivity index is 2.09. The summed E-state index contributed by atoms with van der Waals surface area (Å²) in [7, 11) is 0. The number of rotatable bonds is 5. The quantitative estimate of drug-likeness (QED) is 0.889. The minimum atomic E-state index is -0.464. The molecule has 1 atom stereocenters. The first kappa shape index (κ1) is 13.7. The maximum atomic E-state index is 5.99. The van der Waals surface area contributed by atoms with Crippen LogP contribution in [0.2, 0.25) is 0 Å². The zero-order valence-electron chi connectivity index (χ0n) is 12.0. The predicted molar refractivity (Wildman–Crippen MR) is 73.6 cm³/mol. The van der Waals surface area contributed by atoms with Gasteiger partial charge in [0.05, 0.1) is 24.0 Å². The number of hydrogen-bond donors (Lipinski definition) is 1. The van der Waals surface area contributed by atoms with E-state index in [2.05, 4.69) is 29.3 Å². The van der Waals surface area contributed by atoms with E-state index in [0.717, 1.165) is 17.8 Å². The van der Waals surface area contributed by atoms with Crippen LogP contribution in [0.1, 0.15) is 51.5 Å². The molecule has 0 spiro atoms. The molecule has 2 aromatic heterocycles. The third-order valence-corrected chi connectivity index (χ3v) is 3.23. The van der Waals surface area contributed by atoms with E-state index in [-0.39, 0.29) is 0 Å². The van der Waals surface area contributed by atoms with Crippen molar-refractivity contribution in [3.63, 3.8) is 0 Å². The van der Waals surface area contributed by atoms with Crippen LogP contribution >= 0.6 is 0 Å². The van der Waals surface area contributed by atoms with Gasteiger partial charge in [-0.25, -0.2) is 4.68 Å². The molecule has 6 nitrogen and oxygen atoms in total. The fourth-order valence-corrected chi connectivity index (χ4v) is 1.73. The van der Waals surface area contributed by atoms with Crippen molar-refractivity contribution in [2.75, 3.05) is 0 Å². The van der Waals surface area contributed by atoms with Crippen molar-refractivity contribution < 1.29 is 0 Å². The Kier molecular flexibility index (Phi) is 3.71. The van der Waals surface area contributed by atoms with E-state index in [1.807, 2.05) is 37.0 Å². The standard InChI is InChI=1S/C13H22N6/c1-5-10(2)19-7-6-11(16-19)8-18-9-12(15-17-18)13(3,4)14/h6-7,9-10H,5,8,14H2,1-4H3. The summed E-state index contributed by atoms with van der Waals surface area (Å²) in [5.41, 5.74) is 7.29. The Morgan fingerprint density at radius 3 is 2.74 bits per heavy atom. The average Bonchev–Trinajstić information content (AvgIpc) is 2.97. The first-order valence-corrected chi connectivity index (χ1v) is 6.63. The van der Waals surface area contributed by atoms with Gasteiger partial charge < -0.3 is 5.73 Å². The highest BCUT2D eigenvalue weighted by molar-refractivity contribution is 5.07. The minimum Gasteiger partial charge on any atom is -0.320 e. The smallest absolute Gasteiger partial charge is 0.102 e. The molecule has 0 fully saturated rings. The lowest BCUT2D eigenvalue weighted by molar-refractivity contribution is 0.470. The molecule has 0 saturated heterocycles. The molecule has 0 aliphatic carbocycles. The van der Waals surface area contributed by atoms with E-state index in [1.54, 1.807) is 4.68 Å². The minimum absolute atomic E-state index is 0.419. The van der Waals surface area contributed by atoms with Crippen LogP contribution in [0.4, 0.5) is 0 Å². The third-order valence-electron chi connectivity index (χ3n) is 3.23. The number of hydrogen-bond acceptors (Lipinski definition) is 4. The zero-order valence-corrected chi connectivity index (χ0v) is 12.0. The molecular weight excluding hydrogens is 240 g/mol. The van der Waals surface area contributed by atoms with Crippen LogP contribution in [0.15, 0.2) is 18.5 Å². The van der Waals surface area contributed by atoms with Crippen molar-refractivity contribution in [2.45, 2.75) is 52.2 Å². The van der Waals surface area contributed by atoms with Crippen LogP contribution in [0, 0.1) is 0 Å². The monoisotopic (exact) mass is 262 g/mol. The van der Waals surface area contributed by atoms with Crippen molar-refractivity contribution in [2.24, 2.45) is 5.73 Å². The highest BCUT2D eigenvalue weighted by Crippen LogP contribution is 2.13. The first-order valence-electron chi connectivity index (χ1n) is 6.63. The van der Waals surface area contributed by atoms with Crippen molar-refractivity contribution in [3.05, 3.63) is 29.8 Å². The van der Waals surface area contributed by atoms with Crippen LogP contribution in [-0.4, -0.2) is 24.8 Å². The Morgan fingerprint density at radius 2 is 2.16 bits per heavy atom. The zero-order chi connectivity index (χ0) is 14.0. The molecule has 0 saturated carbocycles. The molecular formula is C13H22N6. The molecule has 0 aliphatic heterocycles. The van der Waals surface area contributed by atoms with Crippen molar-refractivity contribution in [1.82, 2.24) is 24.8 Å². The predicted octanol–water partition coefficient (Wildman–Crippen LogP) is 1.69. The first-order chi connectivity index (χ1) is 8.90. The van der Waals surface area contributed by atoms with Crippen LogP contribution in [0.5, 0.6) is 0 Å². The summed E-state index contributed by atoms with van der Waals surface area (Å²) in [4.78, 5) is 0. The van der Waals surface area contributed by atoms with Crippen molar-refractivity contribution in [3.8, 4) is 0 Å². The largest absolute Gasteiger partial charge is 0.320 e. The van der Waals surface area contributed by atoms with Gasteiger partial charge in [0.1, 0.15) is 5.69 Å². The summed E-state index contributed by atoms with van der Waals surface area (Å²) in [6.45, 7) is 8.75. The maximum absolute atomic E-state index is 5.99. The molecule has 0 aliphatic rings. The van der Waals surface area contributed by atoms with Crippen LogP contribution in [0.25, 0.3) is 0 Å². The number of aromatic nitrogens is 5. The van der Waals surface area contributed by atoms with Gasteiger partial charge in [0.15, 0.2) is 0 Å². The van der Waals surface area contributed by atoms with Gasteiger partial charge in [0, 0.05) is 12.2 Å². The maximum Gasteiger partial charge on any atom is 0.102 e. The normalized spacial score (nSPS) is 13.7. The van der Waals surface area contributed by atoms with Crippen molar-refractivity contribution >= 4 is 0 Å². The molecule has 1 unspecified atom stereocenters. The average molecular weight is 262 g/mol. The molecule has 6 heteroatoms. The van der Waals surface area contributed by atoms with E-state index >= 15 is 0 Å². The van der Waals surface area contributed by atoms with E-state index < -0.39 is 5.54 Å². The summed E-state index contributed by atoms with van der Waals surface area (Å²) in [6.07, 6.45) is 4.95.